The van der Waals surface area contributed by atoms with Crippen molar-refractivity contribution in [1.29, 1.82) is 0 Å². The molecule has 0 radical (unpaired) electrons. The summed E-state index contributed by atoms with van der Waals surface area (Å²) in [6, 6.07) is 13.4. The molecule has 1 aliphatic rings. The van der Waals surface area contributed by atoms with Gasteiger partial charge < -0.3 is 19.7 Å². The lowest BCUT2D eigenvalue weighted by molar-refractivity contribution is 0.0683. The van der Waals surface area contributed by atoms with Crippen LogP contribution in [0.5, 0.6) is 11.5 Å². The number of carbonyl (C=O) groups excluding carboxylic acids is 1. The van der Waals surface area contributed by atoms with Gasteiger partial charge in [0.25, 0.3) is 5.91 Å². The van der Waals surface area contributed by atoms with Gasteiger partial charge in [-0.3, -0.25) is 4.79 Å². The lowest BCUT2D eigenvalue weighted by Crippen LogP contribution is -2.43. The van der Waals surface area contributed by atoms with E-state index in [4.69, 9.17) is 9.47 Å². The van der Waals surface area contributed by atoms with Crippen LogP contribution in [0.3, 0.4) is 0 Å². The van der Waals surface area contributed by atoms with Gasteiger partial charge in [-0.05, 0) is 43.2 Å². The molecule has 1 heterocycles. The summed E-state index contributed by atoms with van der Waals surface area (Å²) in [5.41, 5.74) is 2.54. The number of nitrogens with zero attached hydrogens (tertiary/aromatic N) is 1. The van der Waals surface area contributed by atoms with Crippen LogP contribution in [-0.4, -0.2) is 31.1 Å². The zero-order valence-corrected chi connectivity index (χ0v) is 14.9. The fourth-order valence-corrected chi connectivity index (χ4v) is 3.16. The van der Waals surface area contributed by atoms with Crippen molar-refractivity contribution in [3.63, 3.8) is 0 Å². The quantitative estimate of drug-likeness (QED) is 0.861. The van der Waals surface area contributed by atoms with Crippen LogP contribution in [0.2, 0.25) is 0 Å². The van der Waals surface area contributed by atoms with E-state index in [9.17, 15) is 4.79 Å². The molecule has 0 aliphatic carbocycles. The number of nitrogens with one attached hydrogen (secondary N) is 1. The third kappa shape index (κ3) is 3.27. The number of rotatable bonds is 6. The lowest BCUT2D eigenvalue weighted by Gasteiger charge is -2.38. The number of para-hydroxylation sites is 1. The monoisotopic (exact) mass is 340 g/mol. The number of methoxy groups -OCH3 is 1. The standard InChI is InChI=1S/C20H24N2O3/c1-4-12-22-19(21-16-9-7-6-8-15(16)20(22)23)14-10-11-17(25-5-2)18(13-14)24-3/h6-11,13,19,21H,4-5,12H2,1-3H3. The molecule has 132 valence electrons. The topological polar surface area (TPSA) is 50.8 Å². The number of hydrogen-bond donors (Lipinski definition) is 1. The Bertz CT molecular complexity index is 760. The molecule has 1 amide bonds. The largest absolute Gasteiger partial charge is 0.493 e. The van der Waals surface area contributed by atoms with Gasteiger partial charge in [0.05, 0.1) is 19.3 Å². The van der Waals surface area contributed by atoms with Crippen molar-refractivity contribution in [2.45, 2.75) is 26.4 Å². The van der Waals surface area contributed by atoms with E-state index in [2.05, 4.69) is 12.2 Å². The highest BCUT2D eigenvalue weighted by Gasteiger charge is 2.32. The fraction of sp³-hybridized carbons (Fsp3) is 0.350. The van der Waals surface area contributed by atoms with Crippen molar-refractivity contribution < 1.29 is 14.3 Å². The van der Waals surface area contributed by atoms with E-state index in [1.54, 1.807) is 7.11 Å². The molecule has 1 aliphatic heterocycles. The summed E-state index contributed by atoms with van der Waals surface area (Å²) in [7, 11) is 1.63. The minimum atomic E-state index is -0.230. The number of amides is 1. The summed E-state index contributed by atoms with van der Waals surface area (Å²) < 4.78 is 11.1. The van der Waals surface area contributed by atoms with Crippen LogP contribution in [0.25, 0.3) is 0 Å². The van der Waals surface area contributed by atoms with E-state index in [0.717, 1.165) is 17.7 Å². The molecule has 1 N–H and O–H groups in total. The molecule has 0 bridgehead atoms. The zero-order valence-electron chi connectivity index (χ0n) is 14.9. The second-order valence-electron chi connectivity index (χ2n) is 5.93. The molecule has 25 heavy (non-hydrogen) atoms. The number of ether oxygens (including phenoxy) is 2. The van der Waals surface area contributed by atoms with Gasteiger partial charge in [-0.25, -0.2) is 0 Å². The molecule has 2 aromatic rings. The maximum Gasteiger partial charge on any atom is 0.257 e. The Kier molecular flexibility index (Phi) is 5.12. The summed E-state index contributed by atoms with van der Waals surface area (Å²) in [6.07, 6.45) is 0.659. The predicted molar refractivity (Wildman–Crippen MR) is 98.3 cm³/mol. The number of hydrogen-bond acceptors (Lipinski definition) is 4. The first-order valence-electron chi connectivity index (χ1n) is 8.66. The van der Waals surface area contributed by atoms with Gasteiger partial charge >= 0.3 is 0 Å². The van der Waals surface area contributed by atoms with Crippen molar-refractivity contribution >= 4 is 11.6 Å². The Morgan fingerprint density at radius 1 is 1.12 bits per heavy atom. The Balaban J connectivity index is 2.01. The van der Waals surface area contributed by atoms with Gasteiger partial charge in [0.1, 0.15) is 6.17 Å². The van der Waals surface area contributed by atoms with Crippen molar-refractivity contribution in [3.8, 4) is 11.5 Å². The number of anilines is 1. The Morgan fingerprint density at radius 2 is 1.92 bits per heavy atom. The van der Waals surface area contributed by atoms with Gasteiger partial charge in [-0.15, -0.1) is 0 Å². The summed E-state index contributed by atoms with van der Waals surface area (Å²) in [5.74, 6) is 1.43. The molecule has 0 saturated heterocycles. The van der Waals surface area contributed by atoms with E-state index in [1.165, 1.54) is 0 Å². The molecule has 0 spiro atoms. The molecule has 2 aromatic carbocycles. The van der Waals surface area contributed by atoms with Crippen molar-refractivity contribution in [2.24, 2.45) is 0 Å². The van der Waals surface area contributed by atoms with Crippen LogP contribution >= 0.6 is 0 Å². The zero-order chi connectivity index (χ0) is 17.8. The third-order valence-electron chi connectivity index (χ3n) is 4.29. The number of carbonyl (C=O) groups is 1. The van der Waals surface area contributed by atoms with Crippen LogP contribution in [-0.2, 0) is 0 Å². The van der Waals surface area contributed by atoms with E-state index >= 15 is 0 Å². The van der Waals surface area contributed by atoms with Gasteiger partial charge in [-0.1, -0.05) is 25.1 Å². The number of fused-ring (bicyclic) bond motifs is 1. The average Bonchev–Trinajstić information content (AvgIpc) is 2.64. The van der Waals surface area contributed by atoms with Crippen LogP contribution in [0, 0.1) is 0 Å². The molecular formula is C20H24N2O3. The first kappa shape index (κ1) is 17.1. The molecule has 0 aromatic heterocycles. The van der Waals surface area contributed by atoms with Crippen LogP contribution in [0.4, 0.5) is 5.69 Å². The van der Waals surface area contributed by atoms with E-state index < -0.39 is 0 Å². The summed E-state index contributed by atoms with van der Waals surface area (Å²) >= 11 is 0. The first-order valence-corrected chi connectivity index (χ1v) is 8.66. The Hall–Kier alpha value is -2.69. The third-order valence-corrected chi connectivity index (χ3v) is 4.29. The second-order valence-corrected chi connectivity index (χ2v) is 5.93. The molecule has 3 rings (SSSR count). The van der Waals surface area contributed by atoms with Crippen molar-refractivity contribution in [3.05, 3.63) is 53.6 Å². The van der Waals surface area contributed by atoms with Gasteiger partial charge in [0.15, 0.2) is 11.5 Å². The van der Waals surface area contributed by atoms with E-state index in [0.29, 0.717) is 30.2 Å². The number of benzene rings is 2. The van der Waals surface area contributed by atoms with Gasteiger partial charge in [-0.2, -0.15) is 0 Å². The highest BCUT2D eigenvalue weighted by Crippen LogP contribution is 2.36. The van der Waals surface area contributed by atoms with E-state index in [1.807, 2.05) is 54.3 Å². The summed E-state index contributed by atoms with van der Waals surface area (Å²) in [6.45, 7) is 5.27. The summed E-state index contributed by atoms with van der Waals surface area (Å²) in [4.78, 5) is 14.8. The Labute approximate surface area is 148 Å². The van der Waals surface area contributed by atoms with Gasteiger partial charge in [0, 0.05) is 12.2 Å². The predicted octanol–water partition coefficient (Wildman–Crippen LogP) is 4.07. The smallest absolute Gasteiger partial charge is 0.257 e. The molecule has 5 heteroatoms. The maximum absolute atomic E-state index is 12.9. The second kappa shape index (κ2) is 7.47. The average molecular weight is 340 g/mol. The normalized spacial score (nSPS) is 16.2. The highest BCUT2D eigenvalue weighted by atomic mass is 16.5. The van der Waals surface area contributed by atoms with Crippen molar-refractivity contribution in [2.75, 3.05) is 25.6 Å². The van der Waals surface area contributed by atoms with E-state index in [-0.39, 0.29) is 12.1 Å². The molecule has 0 fully saturated rings. The maximum atomic E-state index is 12.9. The SMILES string of the molecule is CCCN1C(=O)c2ccccc2NC1c1ccc(OCC)c(OC)c1. The lowest BCUT2D eigenvalue weighted by atomic mass is 10.0. The summed E-state index contributed by atoms with van der Waals surface area (Å²) in [5, 5.41) is 3.49. The fourth-order valence-electron chi connectivity index (χ4n) is 3.16. The minimum absolute atomic E-state index is 0.0500. The molecule has 1 atom stereocenters. The van der Waals surface area contributed by atoms with Crippen LogP contribution in [0.15, 0.2) is 42.5 Å². The first-order chi connectivity index (χ1) is 12.2. The van der Waals surface area contributed by atoms with Crippen LogP contribution in [0.1, 0.15) is 42.4 Å². The van der Waals surface area contributed by atoms with Gasteiger partial charge in [0.2, 0.25) is 0 Å². The Morgan fingerprint density at radius 3 is 2.64 bits per heavy atom. The molecule has 1 unspecified atom stereocenters. The highest BCUT2D eigenvalue weighted by molar-refractivity contribution is 6.01. The molecule has 0 saturated carbocycles. The molecular weight excluding hydrogens is 316 g/mol. The molecule has 5 nitrogen and oxygen atoms in total. The minimum Gasteiger partial charge on any atom is -0.493 e. The van der Waals surface area contributed by atoms with Crippen LogP contribution < -0.4 is 14.8 Å². The van der Waals surface area contributed by atoms with Crippen molar-refractivity contribution in [1.82, 2.24) is 4.90 Å².